The molecule has 0 rings (SSSR count). The molecule has 0 aromatic rings. The summed E-state index contributed by atoms with van der Waals surface area (Å²) in [6.07, 6.45) is -7.45. The Kier molecular flexibility index (Phi) is 4.19. The third-order valence-corrected chi connectivity index (χ3v) is 1.47. The molecule has 2 unspecified atom stereocenters. The van der Waals surface area contributed by atoms with Crippen LogP contribution >= 0.6 is 0 Å². The van der Waals surface area contributed by atoms with Crippen LogP contribution < -0.4 is 0 Å². The smallest absolute Gasteiger partial charge is 0.415 e. The molecule has 3 nitrogen and oxygen atoms in total. The van der Waals surface area contributed by atoms with E-state index >= 15 is 0 Å². The number of esters is 1. The van der Waals surface area contributed by atoms with Crippen LogP contribution in [0.15, 0.2) is 0 Å². The molecule has 0 bridgehead atoms. The van der Waals surface area contributed by atoms with E-state index in [0.717, 1.165) is 6.92 Å². The van der Waals surface area contributed by atoms with E-state index in [1.54, 1.807) is 0 Å². The highest BCUT2D eigenvalue weighted by Crippen LogP contribution is 2.25. The summed E-state index contributed by atoms with van der Waals surface area (Å²) in [4.78, 5) is 10.7. The molecule has 0 heterocycles. The van der Waals surface area contributed by atoms with Gasteiger partial charge in [0.15, 0.2) is 6.10 Å². The van der Waals surface area contributed by atoms with Gasteiger partial charge in [-0.1, -0.05) is 0 Å². The maximum Gasteiger partial charge on any atom is 0.415 e. The lowest BCUT2D eigenvalue weighted by Crippen LogP contribution is -2.39. The molecule has 0 aliphatic rings. The number of carbonyl (C=O) groups excluding carboxylic acids is 1. The maximum atomic E-state index is 11.8. The summed E-state index contributed by atoms with van der Waals surface area (Å²) in [5, 5.41) is 8.63. The van der Waals surface area contributed by atoms with Crippen LogP contribution in [0.5, 0.6) is 0 Å². The molecule has 78 valence electrons. The molecular weight excluding hydrogens is 189 g/mol. The number of alkyl halides is 3. The summed E-state index contributed by atoms with van der Waals surface area (Å²) in [6, 6.07) is 0. The molecule has 13 heavy (non-hydrogen) atoms. The number of carbonyl (C=O) groups is 1. The summed E-state index contributed by atoms with van der Waals surface area (Å²) in [6.45, 7) is 2.44. The molecule has 0 aliphatic carbocycles. The highest BCUT2D eigenvalue weighted by Gasteiger charge is 2.44. The van der Waals surface area contributed by atoms with Crippen molar-refractivity contribution in [3.05, 3.63) is 0 Å². The van der Waals surface area contributed by atoms with Crippen molar-refractivity contribution in [3.8, 4) is 0 Å². The van der Waals surface area contributed by atoms with E-state index in [4.69, 9.17) is 5.11 Å². The number of ether oxygens (including phenoxy) is 1. The largest absolute Gasteiger partial charge is 0.466 e. The summed E-state index contributed by atoms with van der Waals surface area (Å²) in [7, 11) is 0. The van der Waals surface area contributed by atoms with Gasteiger partial charge in [-0.2, -0.15) is 13.2 Å². The van der Waals surface area contributed by atoms with E-state index in [2.05, 4.69) is 4.74 Å². The van der Waals surface area contributed by atoms with Crippen LogP contribution in [0.1, 0.15) is 13.8 Å². The third-order valence-electron chi connectivity index (χ3n) is 1.47. The standard InChI is InChI=1S/C7H11F3O3/c1-3-13-6(12)4(2)5(11)7(8,9)10/h4-5,11H,3H2,1-2H3. The molecular formula is C7H11F3O3. The van der Waals surface area contributed by atoms with Gasteiger partial charge in [-0.05, 0) is 13.8 Å². The molecule has 0 aromatic carbocycles. The van der Waals surface area contributed by atoms with E-state index in [1.165, 1.54) is 6.92 Å². The Bertz CT molecular complexity index is 178. The Morgan fingerprint density at radius 2 is 2.00 bits per heavy atom. The van der Waals surface area contributed by atoms with Crippen LogP contribution in [-0.4, -0.2) is 30.0 Å². The summed E-state index contributed by atoms with van der Waals surface area (Å²) < 4.78 is 39.8. The zero-order valence-corrected chi connectivity index (χ0v) is 7.26. The zero-order valence-electron chi connectivity index (χ0n) is 7.26. The molecule has 0 aromatic heterocycles. The average molecular weight is 200 g/mol. The maximum absolute atomic E-state index is 11.8. The lowest BCUT2D eigenvalue weighted by Gasteiger charge is -2.19. The second kappa shape index (κ2) is 4.45. The molecule has 0 amide bonds. The Hall–Kier alpha value is -0.780. The van der Waals surface area contributed by atoms with Gasteiger partial charge < -0.3 is 9.84 Å². The first-order chi connectivity index (χ1) is 5.80. The number of aliphatic hydroxyl groups is 1. The van der Waals surface area contributed by atoms with Crippen molar-refractivity contribution < 1.29 is 27.8 Å². The SMILES string of the molecule is CCOC(=O)C(C)C(O)C(F)(F)F. The van der Waals surface area contributed by atoms with Gasteiger partial charge in [0.1, 0.15) is 0 Å². The molecule has 0 saturated heterocycles. The fourth-order valence-electron chi connectivity index (χ4n) is 0.686. The molecule has 0 aliphatic heterocycles. The van der Waals surface area contributed by atoms with E-state index < -0.39 is 24.2 Å². The predicted molar refractivity (Wildman–Crippen MR) is 37.9 cm³/mol. The van der Waals surface area contributed by atoms with E-state index in [0.29, 0.717) is 0 Å². The number of hydrogen-bond donors (Lipinski definition) is 1. The minimum Gasteiger partial charge on any atom is -0.466 e. The number of aliphatic hydroxyl groups excluding tert-OH is 1. The molecule has 0 saturated carbocycles. The predicted octanol–water partition coefficient (Wildman–Crippen LogP) is 1.11. The second-order valence-electron chi connectivity index (χ2n) is 2.53. The molecule has 6 heteroatoms. The topological polar surface area (TPSA) is 46.5 Å². The molecule has 0 fully saturated rings. The lowest BCUT2D eigenvalue weighted by molar-refractivity contribution is -0.222. The van der Waals surface area contributed by atoms with Crippen LogP contribution in [0.2, 0.25) is 0 Å². The molecule has 1 N–H and O–H groups in total. The van der Waals surface area contributed by atoms with E-state index in [1.807, 2.05) is 0 Å². The Balaban J connectivity index is 4.25. The average Bonchev–Trinajstić information content (AvgIpc) is 2.00. The van der Waals surface area contributed by atoms with Crippen molar-refractivity contribution in [1.82, 2.24) is 0 Å². The Morgan fingerprint density at radius 1 is 1.54 bits per heavy atom. The van der Waals surface area contributed by atoms with Gasteiger partial charge in [0, 0.05) is 0 Å². The van der Waals surface area contributed by atoms with Gasteiger partial charge in [0.2, 0.25) is 0 Å². The molecule has 0 spiro atoms. The highest BCUT2D eigenvalue weighted by molar-refractivity contribution is 5.72. The monoisotopic (exact) mass is 200 g/mol. The van der Waals surface area contributed by atoms with Crippen molar-refractivity contribution in [2.24, 2.45) is 5.92 Å². The summed E-state index contributed by atoms with van der Waals surface area (Å²) >= 11 is 0. The van der Waals surface area contributed by atoms with Crippen LogP contribution in [-0.2, 0) is 9.53 Å². The highest BCUT2D eigenvalue weighted by atomic mass is 19.4. The van der Waals surface area contributed by atoms with E-state index in [-0.39, 0.29) is 6.61 Å². The third kappa shape index (κ3) is 3.63. The minimum atomic E-state index is -4.79. The fraction of sp³-hybridized carbons (Fsp3) is 0.857. The number of hydrogen-bond acceptors (Lipinski definition) is 3. The van der Waals surface area contributed by atoms with Crippen molar-refractivity contribution in [2.75, 3.05) is 6.61 Å². The van der Waals surface area contributed by atoms with Gasteiger partial charge in [0.05, 0.1) is 12.5 Å². The number of rotatable bonds is 3. The summed E-state index contributed by atoms with van der Waals surface area (Å²) in [5.74, 6) is -2.63. The summed E-state index contributed by atoms with van der Waals surface area (Å²) in [5.41, 5.74) is 0. The first kappa shape index (κ1) is 12.2. The molecule has 0 radical (unpaired) electrons. The van der Waals surface area contributed by atoms with Gasteiger partial charge >= 0.3 is 12.1 Å². The van der Waals surface area contributed by atoms with Gasteiger partial charge in [-0.3, -0.25) is 4.79 Å². The molecule has 2 atom stereocenters. The van der Waals surface area contributed by atoms with Crippen LogP contribution in [0.3, 0.4) is 0 Å². The Morgan fingerprint density at radius 3 is 2.31 bits per heavy atom. The first-order valence-corrected chi connectivity index (χ1v) is 3.72. The first-order valence-electron chi connectivity index (χ1n) is 3.72. The van der Waals surface area contributed by atoms with Crippen molar-refractivity contribution in [1.29, 1.82) is 0 Å². The van der Waals surface area contributed by atoms with Crippen molar-refractivity contribution in [2.45, 2.75) is 26.1 Å². The fourth-order valence-corrected chi connectivity index (χ4v) is 0.686. The lowest BCUT2D eigenvalue weighted by atomic mass is 10.1. The van der Waals surface area contributed by atoms with Crippen LogP contribution in [0.25, 0.3) is 0 Å². The van der Waals surface area contributed by atoms with Crippen LogP contribution in [0.4, 0.5) is 13.2 Å². The van der Waals surface area contributed by atoms with Crippen LogP contribution in [0, 0.1) is 5.92 Å². The Labute approximate surface area is 73.5 Å². The van der Waals surface area contributed by atoms with Gasteiger partial charge in [-0.15, -0.1) is 0 Å². The zero-order chi connectivity index (χ0) is 10.6. The minimum absolute atomic E-state index is 0.00620. The van der Waals surface area contributed by atoms with E-state index in [9.17, 15) is 18.0 Å². The van der Waals surface area contributed by atoms with Crippen molar-refractivity contribution >= 4 is 5.97 Å². The second-order valence-corrected chi connectivity index (χ2v) is 2.53. The normalized spacial score (nSPS) is 16.5. The number of halogens is 3. The quantitative estimate of drug-likeness (QED) is 0.694. The van der Waals surface area contributed by atoms with Gasteiger partial charge in [-0.25, -0.2) is 0 Å². The van der Waals surface area contributed by atoms with Gasteiger partial charge in [0.25, 0.3) is 0 Å². The van der Waals surface area contributed by atoms with Crippen molar-refractivity contribution in [3.63, 3.8) is 0 Å².